The summed E-state index contributed by atoms with van der Waals surface area (Å²) < 4.78 is 12.5. The zero-order chi connectivity index (χ0) is 24.1. The van der Waals surface area contributed by atoms with Gasteiger partial charge in [-0.1, -0.05) is 71.8 Å². The van der Waals surface area contributed by atoms with Crippen molar-refractivity contribution in [2.75, 3.05) is 33.3 Å². The van der Waals surface area contributed by atoms with Crippen LogP contribution in [-0.2, 0) is 13.2 Å². The van der Waals surface area contributed by atoms with Gasteiger partial charge < -0.3 is 14.4 Å². The van der Waals surface area contributed by atoms with Gasteiger partial charge >= 0.3 is 0 Å². The minimum absolute atomic E-state index is 0.298. The Kier molecular flexibility index (Phi) is 8.72. The Morgan fingerprint density at radius 1 is 0.971 bits per heavy atom. The summed E-state index contributed by atoms with van der Waals surface area (Å²) in [5.41, 5.74) is 3.10. The van der Waals surface area contributed by atoms with Crippen LogP contribution in [-0.4, -0.2) is 48.1 Å². The van der Waals surface area contributed by atoms with E-state index in [1.807, 2.05) is 18.2 Å². The zero-order valence-corrected chi connectivity index (χ0v) is 22.7. The molecule has 178 valence electrons. The maximum Gasteiger partial charge on any atom is 0.162 e. The molecule has 0 aliphatic carbocycles. The van der Waals surface area contributed by atoms with Crippen molar-refractivity contribution >= 4 is 56.3 Å². The van der Waals surface area contributed by atoms with Gasteiger partial charge in [0.2, 0.25) is 0 Å². The van der Waals surface area contributed by atoms with E-state index in [0.29, 0.717) is 28.2 Å². The Balaban J connectivity index is 1.41. The number of halogens is 3. The summed E-state index contributed by atoms with van der Waals surface area (Å²) in [6.07, 6.45) is 0. The van der Waals surface area contributed by atoms with Crippen LogP contribution in [0.15, 0.2) is 65.1 Å². The number of methoxy groups -OCH3 is 1. The number of thiocarbonyl (C=S) groups is 1. The first-order valence-corrected chi connectivity index (χ1v) is 12.9. The molecule has 34 heavy (non-hydrogen) atoms. The average Bonchev–Trinajstić information content (AvgIpc) is 2.84. The smallest absolute Gasteiger partial charge is 0.162 e. The maximum absolute atomic E-state index is 6.28. The Hall–Kier alpha value is -1.83. The largest absolute Gasteiger partial charge is 0.493 e. The summed E-state index contributed by atoms with van der Waals surface area (Å²) in [6.45, 7) is 4.95. The van der Waals surface area contributed by atoms with Gasteiger partial charge in [0.05, 0.1) is 7.11 Å². The van der Waals surface area contributed by atoms with Gasteiger partial charge in [-0.3, -0.25) is 4.90 Å². The lowest BCUT2D eigenvalue weighted by Gasteiger charge is -2.36. The van der Waals surface area contributed by atoms with Gasteiger partial charge in [-0.15, -0.1) is 0 Å². The first-order chi connectivity index (χ1) is 16.4. The van der Waals surface area contributed by atoms with Crippen LogP contribution in [0.4, 0.5) is 0 Å². The van der Waals surface area contributed by atoms with Crippen LogP contribution in [0.2, 0.25) is 10.0 Å². The number of nitrogens with zero attached hydrogens (tertiary/aromatic N) is 2. The average molecular weight is 580 g/mol. The molecule has 8 heteroatoms. The van der Waals surface area contributed by atoms with Crippen molar-refractivity contribution in [2.45, 2.75) is 13.2 Å². The van der Waals surface area contributed by atoms with Crippen molar-refractivity contribution in [2.24, 2.45) is 0 Å². The van der Waals surface area contributed by atoms with Crippen LogP contribution in [0.3, 0.4) is 0 Å². The van der Waals surface area contributed by atoms with Crippen LogP contribution in [0.5, 0.6) is 11.5 Å². The Morgan fingerprint density at radius 2 is 1.71 bits per heavy atom. The van der Waals surface area contributed by atoms with Gasteiger partial charge in [-0.25, -0.2) is 0 Å². The molecule has 4 nitrogen and oxygen atoms in total. The van der Waals surface area contributed by atoms with Crippen molar-refractivity contribution in [3.8, 4) is 11.5 Å². The molecule has 4 rings (SSSR count). The topological polar surface area (TPSA) is 24.9 Å². The van der Waals surface area contributed by atoms with Crippen LogP contribution >= 0.6 is 51.3 Å². The zero-order valence-electron chi connectivity index (χ0n) is 18.8. The molecule has 0 aromatic heterocycles. The van der Waals surface area contributed by atoms with E-state index >= 15 is 0 Å². The maximum atomic E-state index is 6.28. The molecule has 0 spiro atoms. The standard InChI is InChI=1S/C26H25BrCl2N2O2S/c1-32-24-14-21(22(27)15-25(24)33-17-19-7-8-20(28)13-23(19)29)26(34)31-11-9-30(10-12-31)16-18-5-3-2-4-6-18/h2-8,13-15H,9-12,16-17H2,1H3. The first-order valence-electron chi connectivity index (χ1n) is 10.9. The summed E-state index contributed by atoms with van der Waals surface area (Å²) in [5.74, 6) is 1.23. The molecule has 1 heterocycles. The SMILES string of the molecule is COc1cc(C(=S)N2CCN(Cc3ccccc3)CC2)c(Br)cc1OCc1ccc(Cl)cc1Cl. The van der Waals surface area contributed by atoms with Gasteiger partial charge in [-0.2, -0.15) is 0 Å². The predicted octanol–water partition coefficient (Wildman–Crippen LogP) is 6.84. The number of rotatable bonds is 7. The van der Waals surface area contributed by atoms with Gasteiger partial charge in [-0.05, 0) is 45.8 Å². The summed E-state index contributed by atoms with van der Waals surface area (Å²) in [7, 11) is 1.63. The highest BCUT2D eigenvalue weighted by Gasteiger charge is 2.22. The van der Waals surface area contributed by atoms with Gasteiger partial charge in [0.15, 0.2) is 11.5 Å². The molecule has 0 bridgehead atoms. The van der Waals surface area contributed by atoms with E-state index in [-0.39, 0.29) is 0 Å². The number of benzene rings is 3. The second kappa shape index (κ2) is 11.7. The summed E-state index contributed by atoms with van der Waals surface area (Å²) in [6, 6.07) is 19.7. The number of hydrogen-bond acceptors (Lipinski definition) is 4. The molecule has 3 aromatic rings. The normalized spacial score (nSPS) is 14.2. The molecule has 1 saturated heterocycles. The minimum atomic E-state index is 0.298. The third-order valence-electron chi connectivity index (χ3n) is 5.79. The number of piperazine rings is 1. The van der Waals surface area contributed by atoms with Crippen molar-refractivity contribution in [1.29, 1.82) is 0 Å². The van der Waals surface area contributed by atoms with Crippen LogP contribution in [0.25, 0.3) is 0 Å². The van der Waals surface area contributed by atoms with Gasteiger partial charge in [0, 0.05) is 58.4 Å². The summed E-state index contributed by atoms with van der Waals surface area (Å²) in [5, 5.41) is 1.16. The number of hydrogen-bond donors (Lipinski definition) is 0. The van der Waals surface area contributed by atoms with Crippen molar-refractivity contribution in [1.82, 2.24) is 9.80 Å². The second-order valence-electron chi connectivity index (χ2n) is 8.06. The van der Waals surface area contributed by atoms with Crippen LogP contribution < -0.4 is 9.47 Å². The van der Waals surface area contributed by atoms with Gasteiger partial charge in [0.1, 0.15) is 11.6 Å². The molecular formula is C26H25BrCl2N2O2S. The number of ether oxygens (including phenoxy) is 2. The molecule has 1 fully saturated rings. The van der Waals surface area contributed by atoms with E-state index in [1.165, 1.54) is 5.56 Å². The lowest BCUT2D eigenvalue weighted by molar-refractivity contribution is 0.177. The second-order valence-corrected chi connectivity index (χ2v) is 10.1. The highest BCUT2D eigenvalue weighted by Crippen LogP contribution is 2.35. The lowest BCUT2D eigenvalue weighted by Crippen LogP contribution is -2.48. The molecule has 0 atom stereocenters. The van der Waals surface area contributed by atoms with Crippen LogP contribution in [0, 0.1) is 0 Å². The van der Waals surface area contributed by atoms with E-state index in [2.05, 4.69) is 56.1 Å². The molecule has 0 radical (unpaired) electrons. The van der Waals surface area contributed by atoms with E-state index in [4.69, 9.17) is 44.9 Å². The van der Waals surface area contributed by atoms with E-state index < -0.39 is 0 Å². The highest BCUT2D eigenvalue weighted by atomic mass is 79.9. The molecule has 3 aromatic carbocycles. The molecule has 0 saturated carbocycles. The quantitative estimate of drug-likeness (QED) is 0.285. The first kappa shape index (κ1) is 25.3. The third-order valence-corrected chi connectivity index (χ3v) is 7.51. The fraction of sp³-hybridized carbons (Fsp3) is 0.269. The van der Waals surface area contributed by atoms with Gasteiger partial charge in [0.25, 0.3) is 0 Å². The molecule has 0 unspecified atom stereocenters. The van der Waals surface area contributed by atoms with E-state index in [0.717, 1.165) is 53.3 Å². The van der Waals surface area contributed by atoms with E-state index in [1.54, 1.807) is 19.2 Å². The highest BCUT2D eigenvalue weighted by molar-refractivity contribution is 9.10. The Labute approximate surface area is 224 Å². The molecule has 0 amide bonds. The van der Waals surface area contributed by atoms with Crippen LogP contribution in [0.1, 0.15) is 16.7 Å². The minimum Gasteiger partial charge on any atom is -0.493 e. The predicted molar refractivity (Wildman–Crippen MR) is 146 cm³/mol. The molecule has 0 N–H and O–H groups in total. The Morgan fingerprint density at radius 3 is 2.38 bits per heavy atom. The monoisotopic (exact) mass is 578 g/mol. The lowest BCUT2D eigenvalue weighted by atomic mass is 10.1. The summed E-state index contributed by atoms with van der Waals surface area (Å²) >= 11 is 21.8. The fourth-order valence-electron chi connectivity index (χ4n) is 3.89. The van der Waals surface area contributed by atoms with Crippen molar-refractivity contribution in [3.05, 3.63) is 91.9 Å². The van der Waals surface area contributed by atoms with E-state index in [9.17, 15) is 0 Å². The third kappa shape index (κ3) is 6.23. The molecular weight excluding hydrogens is 555 g/mol. The fourth-order valence-corrected chi connectivity index (χ4v) is 5.34. The molecule has 1 aliphatic heterocycles. The van der Waals surface area contributed by atoms with Crippen molar-refractivity contribution < 1.29 is 9.47 Å². The molecule has 1 aliphatic rings. The Bertz CT molecular complexity index is 1160. The van der Waals surface area contributed by atoms with Crippen molar-refractivity contribution in [3.63, 3.8) is 0 Å². The summed E-state index contributed by atoms with van der Waals surface area (Å²) in [4.78, 5) is 5.52.